The van der Waals surface area contributed by atoms with Crippen LogP contribution in [-0.2, 0) is 4.79 Å². The van der Waals surface area contributed by atoms with E-state index in [4.69, 9.17) is 4.74 Å². The molecule has 0 spiro atoms. The summed E-state index contributed by atoms with van der Waals surface area (Å²) in [5.74, 6) is 0.596. The lowest BCUT2D eigenvalue weighted by Crippen LogP contribution is -2.47. The second-order valence-corrected chi connectivity index (χ2v) is 6.90. The number of ether oxygens (including phenoxy) is 1. The molecule has 2 aromatic rings. The fourth-order valence-electron chi connectivity index (χ4n) is 3.09. The fourth-order valence-corrected chi connectivity index (χ4v) is 3.09. The van der Waals surface area contributed by atoms with Gasteiger partial charge in [0.2, 0.25) is 0 Å². The van der Waals surface area contributed by atoms with E-state index in [1.807, 2.05) is 32.0 Å². The zero-order valence-electron chi connectivity index (χ0n) is 15.8. The number of nitrogens with zero attached hydrogens (tertiary/aromatic N) is 2. The van der Waals surface area contributed by atoms with Gasteiger partial charge in [0, 0.05) is 37.1 Å². The molecule has 1 aromatic heterocycles. The molecule has 0 aliphatic carbocycles. The number of carbonyl (C=O) groups is 2. The van der Waals surface area contributed by atoms with Crippen LogP contribution in [0.15, 0.2) is 42.7 Å². The SMILES string of the molecule is Cc1ccc(OCC(=O)N2CCC(NC(=O)c3ccncc3)CC2)cc1C. The molecule has 6 heteroatoms. The molecule has 2 amide bonds. The minimum Gasteiger partial charge on any atom is -0.484 e. The summed E-state index contributed by atoms with van der Waals surface area (Å²) in [4.78, 5) is 30.3. The third-order valence-corrected chi connectivity index (χ3v) is 4.97. The Kier molecular flexibility index (Phi) is 6.06. The first kappa shape index (κ1) is 18.9. The van der Waals surface area contributed by atoms with E-state index in [-0.39, 0.29) is 24.5 Å². The minimum atomic E-state index is -0.0970. The van der Waals surface area contributed by atoms with Crippen LogP contribution in [0.25, 0.3) is 0 Å². The standard InChI is InChI=1S/C21H25N3O3/c1-15-3-4-19(13-16(15)2)27-14-20(25)24-11-7-18(8-12-24)23-21(26)17-5-9-22-10-6-17/h3-6,9-10,13,18H,7-8,11-12,14H2,1-2H3,(H,23,26). The van der Waals surface area contributed by atoms with Gasteiger partial charge in [-0.1, -0.05) is 6.07 Å². The summed E-state index contributed by atoms with van der Waals surface area (Å²) in [5.41, 5.74) is 2.94. The highest BCUT2D eigenvalue weighted by atomic mass is 16.5. The van der Waals surface area contributed by atoms with Crippen molar-refractivity contribution in [3.63, 3.8) is 0 Å². The van der Waals surface area contributed by atoms with Crippen LogP contribution in [0.2, 0.25) is 0 Å². The van der Waals surface area contributed by atoms with Gasteiger partial charge in [-0.25, -0.2) is 0 Å². The molecule has 1 aliphatic heterocycles. The van der Waals surface area contributed by atoms with E-state index in [1.165, 1.54) is 5.56 Å². The topological polar surface area (TPSA) is 71.5 Å². The van der Waals surface area contributed by atoms with Crippen LogP contribution in [-0.4, -0.2) is 47.4 Å². The maximum Gasteiger partial charge on any atom is 0.260 e. The second kappa shape index (κ2) is 8.66. The molecule has 0 atom stereocenters. The van der Waals surface area contributed by atoms with Crippen LogP contribution in [0.1, 0.15) is 34.3 Å². The first-order valence-corrected chi connectivity index (χ1v) is 9.21. The van der Waals surface area contributed by atoms with Crippen LogP contribution < -0.4 is 10.1 Å². The lowest BCUT2D eigenvalue weighted by molar-refractivity contribution is -0.134. The van der Waals surface area contributed by atoms with E-state index in [9.17, 15) is 9.59 Å². The zero-order valence-corrected chi connectivity index (χ0v) is 15.8. The number of hydrogen-bond donors (Lipinski definition) is 1. The summed E-state index contributed by atoms with van der Waals surface area (Å²) in [6.07, 6.45) is 4.69. The fraction of sp³-hybridized carbons (Fsp3) is 0.381. The first-order valence-electron chi connectivity index (χ1n) is 9.21. The molecule has 142 valence electrons. The van der Waals surface area contributed by atoms with Crippen molar-refractivity contribution in [3.8, 4) is 5.75 Å². The lowest BCUT2D eigenvalue weighted by Gasteiger charge is -2.32. The average molecular weight is 367 g/mol. The molecule has 2 heterocycles. The molecule has 1 fully saturated rings. The molecular weight excluding hydrogens is 342 g/mol. The maximum absolute atomic E-state index is 12.4. The Morgan fingerprint density at radius 1 is 1.11 bits per heavy atom. The number of piperidine rings is 1. The minimum absolute atomic E-state index is 0.0212. The summed E-state index contributed by atoms with van der Waals surface area (Å²) in [7, 11) is 0. The molecular formula is C21H25N3O3. The Morgan fingerprint density at radius 2 is 1.81 bits per heavy atom. The third kappa shape index (κ3) is 5.06. The van der Waals surface area contributed by atoms with Gasteiger partial charge in [0.25, 0.3) is 11.8 Å². The van der Waals surface area contributed by atoms with Crippen molar-refractivity contribution in [3.05, 3.63) is 59.4 Å². The van der Waals surface area contributed by atoms with E-state index >= 15 is 0 Å². The normalized spacial score (nSPS) is 14.7. The molecule has 27 heavy (non-hydrogen) atoms. The van der Waals surface area contributed by atoms with Gasteiger partial charge in [-0.05, 0) is 62.1 Å². The van der Waals surface area contributed by atoms with Crippen molar-refractivity contribution in [2.45, 2.75) is 32.7 Å². The summed E-state index contributed by atoms with van der Waals surface area (Å²) in [5, 5.41) is 3.03. The number of carbonyl (C=O) groups excluding carboxylic acids is 2. The highest BCUT2D eigenvalue weighted by Crippen LogP contribution is 2.17. The average Bonchev–Trinajstić information content (AvgIpc) is 2.70. The Labute approximate surface area is 159 Å². The predicted octanol–water partition coefficient (Wildman–Crippen LogP) is 2.50. The van der Waals surface area contributed by atoms with E-state index in [1.54, 1.807) is 29.4 Å². The molecule has 1 N–H and O–H groups in total. The number of aryl methyl sites for hydroxylation is 2. The van der Waals surface area contributed by atoms with Crippen molar-refractivity contribution in [1.29, 1.82) is 0 Å². The van der Waals surface area contributed by atoms with Crippen LogP contribution >= 0.6 is 0 Å². The molecule has 1 aromatic carbocycles. The van der Waals surface area contributed by atoms with Gasteiger partial charge in [0.1, 0.15) is 5.75 Å². The smallest absolute Gasteiger partial charge is 0.260 e. The van der Waals surface area contributed by atoms with Crippen LogP contribution in [0, 0.1) is 13.8 Å². The van der Waals surface area contributed by atoms with Crippen LogP contribution in [0.5, 0.6) is 5.75 Å². The number of aromatic nitrogens is 1. The Bertz CT molecular complexity index is 800. The van der Waals surface area contributed by atoms with Gasteiger partial charge in [-0.3, -0.25) is 14.6 Å². The van der Waals surface area contributed by atoms with Gasteiger partial charge in [0.15, 0.2) is 6.61 Å². The van der Waals surface area contributed by atoms with Crippen molar-refractivity contribution < 1.29 is 14.3 Å². The maximum atomic E-state index is 12.4. The summed E-state index contributed by atoms with van der Waals surface area (Å²) in [6.45, 7) is 5.35. The Hall–Kier alpha value is -2.89. The number of likely N-dealkylation sites (tertiary alicyclic amines) is 1. The molecule has 0 unspecified atom stereocenters. The van der Waals surface area contributed by atoms with E-state index < -0.39 is 0 Å². The molecule has 0 bridgehead atoms. The largest absolute Gasteiger partial charge is 0.484 e. The molecule has 3 rings (SSSR count). The molecule has 0 radical (unpaired) electrons. The number of nitrogens with one attached hydrogen (secondary N) is 1. The number of hydrogen-bond acceptors (Lipinski definition) is 4. The van der Waals surface area contributed by atoms with Gasteiger partial charge >= 0.3 is 0 Å². The van der Waals surface area contributed by atoms with Crippen LogP contribution in [0.4, 0.5) is 0 Å². The zero-order chi connectivity index (χ0) is 19.2. The second-order valence-electron chi connectivity index (χ2n) is 6.90. The van der Waals surface area contributed by atoms with Gasteiger partial charge in [-0.15, -0.1) is 0 Å². The molecule has 6 nitrogen and oxygen atoms in total. The van der Waals surface area contributed by atoms with Crippen molar-refractivity contribution >= 4 is 11.8 Å². The summed E-state index contributed by atoms with van der Waals surface area (Å²) >= 11 is 0. The number of benzene rings is 1. The molecule has 1 aliphatic rings. The molecule has 1 saturated heterocycles. The molecule has 0 saturated carbocycles. The van der Waals surface area contributed by atoms with Crippen molar-refractivity contribution in [2.24, 2.45) is 0 Å². The summed E-state index contributed by atoms with van der Waals surface area (Å²) in [6, 6.07) is 9.29. The summed E-state index contributed by atoms with van der Waals surface area (Å²) < 4.78 is 5.64. The van der Waals surface area contributed by atoms with E-state index in [0.717, 1.165) is 18.4 Å². The lowest BCUT2D eigenvalue weighted by atomic mass is 10.0. The van der Waals surface area contributed by atoms with E-state index in [2.05, 4.69) is 10.3 Å². The van der Waals surface area contributed by atoms with Gasteiger partial charge in [0.05, 0.1) is 0 Å². The number of pyridine rings is 1. The quantitative estimate of drug-likeness (QED) is 0.881. The highest BCUT2D eigenvalue weighted by Gasteiger charge is 2.24. The number of rotatable bonds is 5. The number of amides is 2. The monoisotopic (exact) mass is 367 g/mol. The van der Waals surface area contributed by atoms with Gasteiger partial charge < -0.3 is 15.0 Å². The third-order valence-electron chi connectivity index (χ3n) is 4.97. The Morgan fingerprint density at radius 3 is 2.48 bits per heavy atom. The van der Waals surface area contributed by atoms with E-state index in [0.29, 0.717) is 24.4 Å². The highest BCUT2D eigenvalue weighted by molar-refractivity contribution is 5.94. The van der Waals surface area contributed by atoms with Crippen molar-refractivity contribution in [1.82, 2.24) is 15.2 Å². The Balaban J connectivity index is 1.43. The van der Waals surface area contributed by atoms with Crippen molar-refractivity contribution in [2.75, 3.05) is 19.7 Å². The van der Waals surface area contributed by atoms with Gasteiger partial charge in [-0.2, -0.15) is 0 Å². The first-order chi connectivity index (χ1) is 13.0. The van der Waals surface area contributed by atoms with Crippen LogP contribution in [0.3, 0.4) is 0 Å². The predicted molar refractivity (Wildman–Crippen MR) is 103 cm³/mol.